The highest BCUT2D eigenvalue weighted by atomic mass is 16.3. The highest BCUT2D eigenvalue weighted by molar-refractivity contribution is 5.09. The minimum Gasteiger partial charge on any atom is -0.466 e. The molecule has 4 rings (SSSR count). The minimum atomic E-state index is 0.881. The average molecular weight is 357 g/mol. The van der Waals surface area contributed by atoms with Crippen LogP contribution in [0.1, 0.15) is 108 Å². The first-order valence-corrected chi connectivity index (χ1v) is 11.9. The number of hydrogen-bond donors (Lipinski definition) is 0. The van der Waals surface area contributed by atoms with Gasteiger partial charge in [0.25, 0.3) is 0 Å². The molecular formula is C25H40O. The second-order valence-corrected chi connectivity index (χ2v) is 9.91. The van der Waals surface area contributed by atoms with E-state index in [0.29, 0.717) is 0 Å². The summed E-state index contributed by atoms with van der Waals surface area (Å²) in [7, 11) is 0. The maximum Gasteiger partial charge on any atom is 0.104 e. The fourth-order valence-electron chi connectivity index (χ4n) is 6.17. The van der Waals surface area contributed by atoms with Gasteiger partial charge in [-0.05, 0) is 55.1 Å². The molecule has 0 saturated heterocycles. The highest BCUT2D eigenvalue weighted by Crippen LogP contribution is 2.38. The molecule has 1 aromatic heterocycles. The first-order valence-electron chi connectivity index (χ1n) is 11.9. The molecule has 3 aliphatic rings. The van der Waals surface area contributed by atoms with Crippen LogP contribution in [-0.2, 0) is 12.8 Å². The van der Waals surface area contributed by atoms with Crippen molar-refractivity contribution in [3.63, 3.8) is 0 Å². The molecule has 1 heterocycles. The van der Waals surface area contributed by atoms with Crippen molar-refractivity contribution >= 4 is 0 Å². The van der Waals surface area contributed by atoms with Crippen LogP contribution in [0.2, 0.25) is 0 Å². The van der Waals surface area contributed by atoms with Gasteiger partial charge in [0.05, 0.1) is 0 Å². The summed E-state index contributed by atoms with van der Waals surface area (Å²) in [6.07, 6.45) is 24.5. The summed E-state index contributed by atoms with van der Waals surface area (Å²) in [6.45, 7) is 0. The molecule has 0 aromatic carbocycles. The van der Waals surface area contributed by atoms with E-state index in [1.807, 2.05) is 0 Å². The van der Waals surface area contributed by atoms with Crippen LogP contribution in [0.3, 0.4) is 0 Å². The minimum absolute atomic E-state index is 0.881. The Morgan fingerprint density at radius 2 is 0.962 bits per heavy atom. The molecule has 0 unspecified atom stereocenters. The monoisotopic (exact) mass is 356 g/mol. The first kappa shape index (κ1) is 18.6. The highest BCUT2D eigenvalue weighted by Gasteiger charge is 2.25. The number of furan rings is 1. The van der Waals surface area contributed by atoms with E-state index in [1.165, 1.54) is 114 Å². The van der Waals surface area contributed by atoms with Crippen molar-refractivity contribution in [3.05, 3.63) is 23.7 Å². The predicted molar refractivity (Wildman–Crippen MR) is 109 cm³/mol. The molecular weight excluding hydrogens is 316 g/mol. The standard InChI is InChI=1S/C25H40O/c1-3-7-20(8-4-1)17-22-11-13-23(14-12-22)19-25-16-15-24(26-25)18-21-9-5-2-6-10-21/h15-16,20-23H,1-14,17-19H2. The molecule has 1 aromatic rings. The van der Waals surface area contributed by atoms with Gasteiger partial charge in [0.2, 0.25) is 0 Å². The smallest absolute Gasteiger partial charge is 0.104 e. The zero-order valence-corrected chi connectivity index (χ0v) is 16.9. The first-order chi connectivity index (χ1) is 12.8. The molecule has 1 heteroatoms. The van der Waals surface area contributed by atoms with E-state index in [4.69, 9.17) is 4.42 Å². The number of rotatable bonds is 6. The van der Waals surface area contributed by atoms with Crippen LogP contribution in [0.5, 0.6) is 0 Å². The topological polar surface area (TPSA) is 13.1 Å². The summed E-state index contributed by atoms with van der Waals surface area (Å²) in [4.78, 5) is 0. The molecule has 26 heavy (non-hydrogen) atoms. The fourth-order valence-corrected chi connectivity index (χ4v) is 6.17. The largest absolute Gasteiger partial charge is 0.466 e. The van der Waals surface area contributed by atoms with E-state index in [1.54, 1.807) is 6.42 Å². The van der Waals surface area contributed by atoms with Crippen LogP contribution < -0.4 is 0 Å². The van der Waals surface area contributed by atoms with Crippen molar-refractivity contribution in [1.29, 1.82) is 0 Å². The summed E-state index contributed by atoms with van der Waals surface area (Å²) < 4.78 is 6.24. The van der Waals surface area contributed by atoms with Crippen LogP contribution >= 0.6 is 0 Å². The molecule has 3 aliphatic carbocycles. The number of hydrogen-bond acceptors (Lipinski definition) is 1. The van der Waals surface area contributed by atoms with Gasteiger partial charge < -0.3 is 4.42 Å². The van der Waals surface area contributed by atoms with Gasteiger partial charge in [0.1, 0.15) is 11.5 Å². The van der Waals surface area contributed by atoms with Gasteiger partial charge in [0.15, 0.2) is 0 Å². The lowest BCUT2D eigenvalue weighted by molar-refractivity contribution is 0.206. The van der Waals surface area contributed by atoms with Crippen molar-refractivity contribution in [3.8, 4) is 0 Å². The maximum absolute atomic E-state index is 6.24. The third-order valence-electron chi connectivity index (χ3n) is 7.78. The Morgan fingerprint density at radius 1 is 0.538 bits per heavy atom. The summed E-state index contributed by atoms with van der Waals surface area (Å²) >= 11 is 0. The Labute approximate surface area is 161 Å². The normalized spacial score (nSPS) is 29.1. The predicted octanol–water partition coefficient (Wildman–Crippen LogP) is 7.72. The second kappa shape index (κ2) is 9.47. The van der Waals surface area contributed by atoms with Crippen molar-refractivity contribution in [1.82, 2.24) is 0 Å². The molecule has 0 atom stereocenters. The van der Waals surface area contributed by atoms with Gasteiger partial charge in [-0.25, -0.2) is 0 Å². The molecule has 0 spiro atoms. The third kappa shape index (κ3) is 5.40. The molecule has 3 fully saturated rings. The lowest BCUT2D eigenvalue weighted by Crippen LogP contribution is -2.19. The van der Waals surface area contributed by atoms with Crippen LogP contribution in [0.4, 0.5) is 0 Å². The Morgan fingerprint density at radius 3 is 1.54 bits per heavy atom. The van der Waals surface area contributed by atoms with E-state index >= 15 is 0 Å². The van der Waals surface area contributed by atoms with Gasteiger partial charge in [-0.2, -0.15) is 0 Å². The van der Waals surface area contributed by atoms with Crippen LogP contribution in [-0.4, -0.2) is 0 Å². The maximum atomic E-state index is 6.24. The Balaban J connectivity index is 1.18. The summed E-state index contributed by atoms with van der Waals surface area (Å²) in [5.74, 6) is 6.40. The SMILES string of the molecule is c1cc(CC2CCC(CC3CCCCC3)CC2)oc1CC1CCCCC1. The van der Waals surface area contributed by atoms with Crippen LogP contribution in [0.25, 0.3) is 0 Å². The third-order valence-corrected chi connectivity index (χ3v) is 7.78. The quantitative estimate of drug-likeness (QED) is 0.508. The van der Waals surface area contributed by atoms with Gasteiger partial charge in [-0.15, -0.1) is 0 Å². The van der Waals surface area contributed by atoms with Crippen molar-refractivity contribution in [2.24, 2.45) is 23.7 Å². The molecule has 0 aliphatic heterocycles. The summed E-state index contributed by atoms with van der Waals surface area (Å²) in [5, 5.41) is 0. The van der Waals surface area contributed by atoms with Gasteiger partial charge in [0, 0.05) is 12.8 Å². The average Bonchev–Trinajstić information content (AvgIpc) is 3.12. The molecule has 1 nitrogen and oxygen atoms in total. The molecule has 0 N–H and O–H groups in total. The Bertz CT molecular complexity index is 510. The Kier molecular flexibility index (Phi) is 6.79. The lowest BCUT2D eigenvalue weighted by atomic mass is 9.74. The molecule has 0 radical (unpaired) electrons. The van der Waals surface area contributed by atoms with Gasteiger partial charge >= 0.3 is 0 Å². The Hall–Kier alpha value is -0.720. The van der Waals surface area contributed by atoms with Gasteiger partial charge in [-0.1, -0.05) is 77.0 Å². The summed E-state index contributed by atoms with van der Waals surface area (Å²) in [5.41, 5.74) is 0. The van der Waals surface area contributed by atoms with Crippen molar-refractivity contribution in [2.45, 2.75) is 109 Å². The van der Waals surface area contributed by atoms with E-state index in [2.05, 4.69) is 12.1 Å². The van der Waals surface area contributed by atoms with Crippen molar-refractivity contribution in [2.75, 3.05) is 0 Å². The van der Waals surface area contributed by atoms with Crippen molar-refractivity contribution < 1.29 is 4.42 Å². The van der Waals surface area contributed by atoms with Gasteiger partial charge in [-0.3, -0.25) is 0 Å². The van der Waals surface area contributed by atoms with E-state index < -0.39 is 0 Å². The van der Waals surface area contributed by atoms with E-state index in [0.717, 1.165) is 23.7 Å². The molecule has 146 valence electrons. The van der Waals surface area contributed by atoms with E-state index in [9.17, 15) is 0 Å². The molecule has 0 amide bonds. The molecule has 3 saturated carbocycles. The lowest BCUT2D eigenvalue weighted by Gasteiger charge is -2.32. The zero-order chi connectivity index (χ0) is 17.6. The van der Waals surface area contributed by atoms with Crippen LogP contribution in [0.15, 0.2) is 16.5 Å². The molecule has 0 bridgehead atoms. The van der Waals surface area contributed by atoms with Crippen LogP contribution in [0, 0.1) is 23.7 Å². The fraction of sp³-hybridized carbons (Fsp3) is 0.840. The summed E-state index contributed by atoms with van der Waals surface area (Å²) in [6, 6.07) is 4.56. The zero-order valence-electron chi connectivity index (χ0n) is 16.9. The second-order valence-electron chi connectivity index (χ2n) is 9.91. The van der Waals surface area contributed by atoms with E-state index in [-0.39, 0.29) is 0 Å².